The van der Waals surface area contributed by atoms with E-state index in [1.165, 1.54) is 4.90 Å². The highest BCUT2D eigenvalue weighted by Gasteiger charge is 2.39. The first-order valence-corrected chi connectivity index (χ1v) is 13.2. The molecule has 2 aromatic rings. The number of pyridine rings is 1. The lowest BCUT2D eigenvalue weighted by molar-refractivity contribution is -0.138. The number of hydrogen-bond donors (Lipinski definition) is 5. The number of halogens is 1. The van der Waals surface area contributed by atoms with Gasteiger partial charge in [-0.05, 0) is 43.7 Å². The van der Waals surface area contributed by atoms with Gasteiger partial charge in [-0.1, -0.05) is 32.0 Å². The summed E-state index contributed by atoms with van der Waals surface area (Å²) < 4.78 is 13.2. The maximum absolute atomic E-state index is 13.7. The second kappa shape index (κ2) is 13.9. The van der Waals surface area contributed by atoms with E-state index >= 15 is 0 Å². The quantitative estimate of drug-likeness (QED) is 0.107. The van der Waals surface area contributed by atoms with Crippen LogP contribution < -0.4 is 22.1 Å². The summed E-state index contributed by atoms with van der Waals surface area (Å²) in [6.45, 7) is 3.11. The number of nitrogens with zero attached hydrogens (tertiary/aromatic N) is 3. The van der Waals surface area contributed by atoms with Gasteiger partial charge in [-0.2, -0.15) is 0 Å². The fraction of sp³-hybridized carbons (Fsp3) is 0.519. The number of aliphatic hydroxyl groups is 1. The third kappa shape index (κ3) is 7.70. The molecule has 212 valence electrons. The van der Waals surface area contributed by atoms with E-state index in [0.29, 0.717) is 42.3 Å². The Balaban J connectivity index is 1.72. The van der Waals surface area contributed by atoms with Gasteiger partial charge in [0.1, 0.15) is 18.9 Å². The molecule has 3 rings (SSSR count). The first kappa shape index (κ1) is 29.9. The number of benzene rings is 1. The van der Waals surface area contributed by atoms with Gasteiger partial charge in [0.25, 0.3) is 5.91 Å². The van der Waals surface area contributed by atoms with Crippen molar-refractivity contribution in [3.8, 4) is 0 Å². The molecule has 1 fully saturated rings. The Hall–Kier alpha value is -3.64. The van der Waals surface area contributed by atoms with E-state index in [9.17, 15) is 23.9 Å². The number of aliphatic hydroxyl groups excluding tert-OH is 1. The van der Waals surface area contributed by atoms with Crippen molar-refractivity contribution in [2.45, 2.75) is 63.9 Å². The number of likely N-dealkylation sites (tertiary alicyclic amines) is 1. The number of carbonyl (C=O) groups excluding carboxylic acids is 3. The van der Waals surface area contributed by atoms with E-state index in [0.717, 1.165) is 0 Å². The van der Waals surface area contributed by atoms with Crippen molar-refractivity contribution in [1.82, 2.24) is 20.5 Å². The number of amides is 2. The summed E-state index contributed by atoms with van der Waals surface area (Å²) in [4.78, 5) is 48.8. The molecule has 1 aliphatic heterocycles. The maximum atomic E-state index is 13.7. The Bertz CT molecular complexity index is 1180. The predicted molar refractivity (Wildman–Crippen MR) is 146 cm³/mol. The molecule has 7 N–H and O–H groups in total. The third-order valence-corrected chi connectivity index (χ3v) is 6.90. The average molecular weight is 544 g/mol. The molecule has 1 saturated heterocycles. The van der Waals surface area contributed by atoms with E-state index < -0.39 is 42.7 Å². The third-order valence-electron chi connectivity index (χ3n) is 6.90. The summed E-state index contributed by atoms with van der Waals surface area (Å²) in [6, 6.07) is 6.41. The molecule has 2 heterocycles. The van der Waals surface area contributed by atoms with Gasteiger partial charge in [0, 0.05) is 24.7 Å². The van der Waals surface area contributed by atoms with E-state index in [-0.39, 0.29) is 30.8 Å². The Kier molecular flexibility index (Phi) is 10.7. The van der Waals surface area contributed by atoms with Crippen molar-refractivity contribution in [3.05, 3.63) is 42.1 Å². The zero-order chi connectivity index (χ0) is 28.5. The number of fused-ring (bicyclic) bond motifs is 1. The number of hydrogen-bond acceptors (Lipinski definition) is 7. The summed E-state index contributed by atoms with van der Waals surface area (Å²) >= 11 is 0. The molecule has 0 saturated carbocycles. The highest BCUT2D eigenvalue weighted by atomic mass is 19.1. The van der Waals surface area contributed by atoms with Gasteiger partial charge in [0.15, 0.2) is 11.7 Å². The van der Waals surface area contributed by atoms with Gasteiger partial charge in [0.05, 0.1) is 23.2 Å². The number of Topliss-reactive ketones (excluding diaryl/α,β-unsaturated/α-hetero) is 1. The molecule has 1 aliphatic rings. The van der Waals surface area contributed by atoms with Crippen LogP contribution in [0.5, 0.6) is 0 Å². The molecule has 2 amide bonds. The van der Waals surface area contributed by atoms with Crippen molar-refractivity contribution >= 4 is 34.5 Å². The lowest BCUT2D eigenvalue weighted by Gasteiger charge is -2.34. The monoisotopic (exact) mass is 543 g/mol. The molecular formula is C27H38FN7O4. The highest BCUT2D eigenvalue weighted by molar-refractivity contribution is 6.07. The van der Waals surface area contributed by atoms with Crippen LogP contribution in [0.25, 0.3) is 10.9 Å². The molecule has 1 unspecified atom stereocenters. The van der Waals surface area contributed by atoms with Gasteiger partial charge in [-0.15, -0.1) is 0 Å². The molecule has 0 aliphatic carbocycles. The number of carbonyl (C=O) groups is 3. The zero-order valence-corrected chi connectivity index (χ0v) is 22.3. The number of aliphatic imine (C=N–C) groups is 1. The predicted octanol–water partition coefficient (Wildman–Crippen LogP) is 0.849. The normalized spacial score (nSPS) is 17.6. The maximum Gasteiger partial charge on any atom is 0.252 e. The van der Waals surface area contributed by atoms with Crippen molar-refractivity contribution in [2.24, 2.45) is 22.4 Å². The number of nitrogens with one attached hydrogen (secondary N) is 2. The molecule has 0 bridgehead atoms. The minimum atomic E-state index is -1.27. The van der Waals surface area contributed by atoms with Crippen LogP contribution in [-0.4, -0.2) is 82.7 Å². The highest BCUT2D eigenvalue weighted by Crippen LogP contribution is 2.23. The van der Waals surface area contributed by atoms with Gasteiger partial charge in [-0.3, -0.25) is 29.7 Å². The fourth-order valence-electron chi connectivity index (χ4n) is 4.85. The summed E-state index contributed by atoms with van der Waals surface area (Å²) in [5, 5.41) is 17.3. The number of rotatable bonds is 13. The fourth-order valence-corrected chi connectivity index (χ4v) is 4.85. The lowest BCUT2D eigenvalue weighted by Crippen LogP contribution is -2.58. The smallest absolute Gasteiger partial charge is 0.252 e. The molecule has 0 radical (unpaired) electrons. The Labute approximate surface area is 227 Å². The van der Waals surface area contributed by atoms with E-state index in [4.69, 9.17) is 11.5 Å². The molecule has 12 heteroatoms. The van der Waals surface area contributed by atoms with E-state index in [2.05, 4.69) is 20.6 Å². The number of para-hydroxylation sites is 1. The SMILES string of the molecule is CC(C)[C@H](NC(=O)c1ccnc2ccccc12)C(=O)N1CCC[C@H]1C(O)N[C@@H](CCCN=C(N)N)C(=O)CF. The molecule has 1 aromatic heterocycles. The van der Waals surface area contributed by atoms with Gasteiger partial charge in [-0.25, -0.2) is 4.39 Å². The minimum Gasteiger partial charge on any atom is -0.376 e. The van der Waals surface area contributed by atoms with Crippen LogP contribution in [0.2, 0.25) is 0 Å². The minimum absolute atomic E-state index is 0.0830. The van der Waals surface area contributed by atoms with E-state index in [1.54, 1.807) is 18.3 Å². The largest absolute Gasteiger partial charge is 0.376 e. The van der Waals surface area contributed by atoms with Crippen LogP contribution in [-0.2, 0) is 9.59 Å². The van der Waals surface area contributed by atoms with Crippen LogP contribution in [0.1, 0.15) is 49.9 Å². The molecular weight excluding hydrogens is 505 g/mol. The number of nitrogens with two attached hydrogens (primary N) is 2. The van der Waals surface area contributed by atoms with Crippen LogP contribution in [0.15, 0.2) is 41.5 Å². The molecule has 39 heavy (non-hydrogen) atoms. The standard InChI is InChI=1S/C27H38FN7O4/c1-16(2)23(34-24(37)18-11-13-31-19-8-4-3-7-17(18)19)26(39)35-14-6-10-21(35)25(38)33-20(22(36)15-28)9-5-12-32-27(29)30/h3-4,7-8,11,13,16,20-21,23,25,33,38H,5-6,9-10,12,14-15H2,1-2H3,(H,34,37)(H4,29,30,32)/t20-,21-,23-,25?/m0/s1. The van der Waals surface area contributed by atoms with Crippen molar-refractivity contribution in [3.63, 3.8) is 0 Å². The second-order valence-corrected chi connectivity index (χ2v) is 10.0. The first-order valence-electron chi connectivity index (χ1n) is 13.2. The summed E-state index contributed by atoms with van der Waals surface area (Å²) in [7, 11) is 0. The number of ketones is 1. The molecule has 0 spiro atoms. The van der Waals surface area contributed by atoms with Crippen LogP contribution in [0, 0.1) is 5.92 Å². The average Bonchev–Trinajstić information content (AvgIpc) is 3.42. The Morgan fingerprint density at radius 1 is 1.23 bits per heavy atom. The van der Waals surface area contributed by atoms with Gasteiger partial charge >= 0.3 is 0 Å². The topological polar surface area (TPSA) is 176 Å². The number of guanidine groups is 1. The Morgan fingerprint density at radius 2 is 1.97 bits per heavy atom. The van der Waals surface area contributed by atoms with Gasteiger partial charge < -0.3 is 26.8 Å². The molecule has 1 aromatic carbocycles. The van der Waals surface area contributed by atoms with E-state index in [1.807, 2.05) is 32.0 Å². The second-order valence-electron chi connectivity index (χ2n) is 10.0. The number of alkyl halides is 1. The van der Waals surface area contributed by atoms with Crippen molar-refractivity contribution in [1.29, 1.82) is 0 Å². The van der Waals surface area contributed by atoms with Crippen molar-refractivity contribution in [2.75, 3.05) is 19.8 Å². The summed E-state index contributed by atoms with van der Waals surface area (Å²) in [5.41, 5.74) is 11.7. The van der Waals surface area contributed by atoms with Crippen LogP contribution in [0.4, 0.5) is 4.39 Å². The van der Waals surface area contributed by atoms with Crippen LogP contribution in [0.3, 0.4) is 0 Å². The Morgan fingerprint density at radius 3 is 2.67 bits per heavy atom. The van der Waals surface area contributed by atoms with Gasteiger partial charge in [0.2, 0.25) is 5.91 Å². The van der Waals surface area contributed by atoms with Crippen molar-refractivity contribution < 1.29 is 23.9 Å². The zero-order valence-electron chi connectivity index (χ0n) is 22.3. The summed E-state index contributed by atoms with van der Waals surface area (Å²) in [6.07, 6.45) is 2.00. The molecule has 11 nitrogen and oxygen atoms in total. The summed E-state index contributed by atoms with van der Waals surface area (Å²) in [5.74, 6) is -1.75. The first-order chi connectivity index (χ1) is 18.6. The van der Waals surface area contributed by atoms with Crippen LogP contribution >= 0.6 is 0 Å². The number of aromatic nitrogens is 1. The lowest BCUT2D eigenvalue weighted by atomic mass is 10.0. The molecule has 4 atom stereocenters.